The fraction of sp³-hybridized carbons (Fsp3) is 0.389. The third-order valence-corrected chi connectivity index (χ3v) is 5.70. The minimum atomic E-state index is -3.40. The Labute approximate surface area is 167 Å². The lowest BCUT2D eigenvalue weighted by molar-refractivity contribution is -0.120. The van der Waals surface area contributed by atoms with E-state index in [1.807, 2.05) is 0 Å². The molecule has 2 aliphatic rings. The van der Waals surface area contributed by atoms with Gasteiger partial charge in [0.1, 0.15) is 10.4 Å². The van der Waals surface area contributed by atoms with E-state index >= 15 is 0 Å². The van der Waals surface area contributed by atoms with Crippen LogP contribution in [0, 0.1) is 0 Å². The van der Waals surface area contributed by atoms with Gasteiger partial charge in [-0.2, -0.15) is 0 Å². The van der Waals surface area contributed by atoms with Crippen molar-refractivity contribution >= 4 is 33.4 Å². The van der Waals surface area contributed by atoms with Crippen molar-refractivity contribution < 1.29 is 18.0 Å². The molecule has 2 aromatic rings. The summed E-state index contributed by atoms with van der Waals surface area (Å²) in [4.78, 5) is 20.4. The van der Waals surface area contributed by atoms with Crippen molar-refractivity contribution in [3.05, 3.63) is 46.0 Å². The Morgan fingerprint density at radius 2 is 2.07 bits per heavy atom. The average Bonchev–Trinajstić information content (AvgIpc) is 2.90. The molecule has 0 fully saturated rings. The predicted molar refractivity (Wildman–Crippen MR) is 101 cm³/mol. The Hall–Kier alpha value is -2.36. The second-order valence-corrected chi connectivity index (χ2v) is 8.25. The largest absolute Gasteiger partial charge is 0.385 e. The van der Waals surface area contributed by atoms with Gasteiger partial charge in [-0.05, 0) is 46.1 Å². The molecule has 1 aromatic carbocycles. The van der Waals surface area contributed by atoms with E-state index < -0.39 is 35.3 Å². The third-order valence-electron chi connectivity index (χ3n) is 5.31. The van der Waals surface area contributed by atoms with Gasteiger partial charge >= 0.3 is 0 Å². The molecule has 0 saturated carbocycles. The second-order valence-electron chi connectivity index (χ2n) is 7.44. The summed E-state index contributed by atoms with van der Waals surface area (Å²) in [5.41, 5.74) is 2.62. The zero-order valence-corrected chi connectivity index (χ0v) is 16.6. The molecule has 148 valence electrons. The van der Waals surface area contributed by atoms with Crippen LogP contribution in [0.2, 0.25) is 0 Å². The molecule has 2 heterocycles. The van der Waals surface area contributed by atoms with Crippen LogP contribution < -0.4 is 11.1 Å². The Morgan fingerprint density at radius 3 is 2.71 bits per heavy atom. The maximum absolute atomic E-state index is 14.9. The summed E-state index contributed by atoms with van der Waals surface area (Å²) < 4.78 is 46.1. The summed E-state index contributed by atoms with van der Waals surface area (Å²) >= 11 is 3.19. The molecule has 10 heteroatoms. The normalized spacial score (nSPS) is 27.7. The van der Waals surface area contributed by atoms with Crippen LogP contribution in [-0.2, 0) is 19.0 Å². The quantitative estimate of drug-likeness (QED) is 0.728. The zero-order valence-electron chi connectivity index (χ0n) is 15.1. The van der Waals surface area contributed by atoms with Gasteiger partial charge in [0.15, 0.2) is 17.0 Å². The minimum absolute atomic E-state index is 0.0351. The summed E-state index contributed by atoms with van der Waals surface area (Å²) in [6, 6.07) is 4.71. The van der Waals surface area contributed by atoms with Crippen LogP contribution in [0.5, 0.6) is 0 Å². The Kier molecular flexibility index (Phi) is 3.94. The van der Waals surface area contributed by atoms with E-state index in [2.05, 4.69) is 31.2 Å². The lowest BCUT2D eigenvalue weighted by Crippen LogP contribution is -2.61. The molecule has 1 amide bonds. The Bertz CT molecular complexity index is 1030. The SMILES string of the molecule is Cn1cc(Br)nc1C(=O)Nc1ccc2c(c1)[C@@]1(C2)N=C(N)[C@](C)(F)CC1(F)F. The number of aryl methyl sites for hydroxylation is 1. The molecule has 0 unspecified atom stereocenters. The van der Waals surface area contributed by atoms with Crippen molar-refractivity contribution in [2.45, 2.75) is 36.9 Å². The molecule has 1 aromatic heterocycles. The summed E-state index contributed by atoms with van der Waals surface area (Å²) in [5, 5.41) is 2.65. The number of carbonyl (C=O) groups excluding carboxylic acids is 1. The molecule has 4 rings (SSSR count). The first-order valence-corrected chi connectivity index (χ1v) is 9.31. The molecule has 3 N–H and O–H groups in total. The number of nitrogens with two attached hydrogens (primary N) is 1. The smallest absolute Gasteiger partial charge is 0.291 e. The van der Waals surface area contributed by atoms with Gasteiger partial charge in [0.05, 0.1) is 6.42 Å². The average molecular weight is 456 g/mol. The van der Waals surface area contributed by atoms with Gasteiger partial charge in [-0.15, -0.1) is 0 Å². The van der Waals surface area contributed by atoms with Crippen LogP contribution >= 0.6 is 15.9 Å². The number of benzene rings is 1. The Balaban J connectivity index is 1.69. The van der Waals surface area contributed by atoms with Crippen molar-refractivity contribution in [1.82, 2.24) is 9.55 Å². The van der Waals surface area contributed by atoms with Gasteiger partial charge in [-0.1, -0.05) is 6.07 Å². The molecular weight excluding hydrogens is 439 g/mol. The number of hydrogen-bond acceptors (Lipinski definition) is 4. The molecule has 0 bridgehead atoms. The van der Waals surface area contributed by atoms with E-state index in [9.17, 15) is 18.0 Å². The van der Waals surface area contributed by atoms with Crippen molar-refractivity contribution in [3.8, 4) is 0 Å². The van der Waals surface area contributed by atoms with Gasteiger partial charge in [-0.25, -0.2) is 18.2 Å². The second kappa shape index (κ2) is 5.82. The lowest BCUT2D eigenvalue weighted by atomic mass is 9.63. The number of carbonyl (C=O) groups is 1. The van der Waals surface area contributed by atoms with Crippen molar-refractivity contribution in [2.24, 2.45) is 17.8 Å². The summed E-state index contributed by atoms with van der Waals surface area (Å²) in [5.74, 6) is -4.17. The summed E-state index contributed by atoms with van der Waals surface area (Å²) in [6.45, 7) is 1.01. The highest BCUT2D eigenvalue weighted by Gasteiger charge is 2.66. The highest BCUT2D eigenvalue weighted by Crippen LogP contribution is 2.57. The number of aliphatic imine (C=N–C) groups is 1. The van der Waals surface area contributed by atoms with E-state index in [4.69, 9.17) is 5.73 Å². The number of hydrogen-bond donors (Lipinski definition) is 2. The fourth-order valence-corrected chi connectivity index (χ4v) is 4.24. The highest BCUT2D eigenvalue weighted by atomic mass is 79.9. The van der Waals surface area contributed by atoms with E-state index in [1.54, 1.807) is 25.4 Å². The van der Waals surface area contributed by atoms with Gasteiger partial charge < -0.3 is 15.6 Å². The first-order chi connectivity index (χ1) is 12.9. The van der Waals surface area contributed by atoms with Gasteiger partial charge in [-0.3, -0.25) is 9.79 Å². The standard InChI is InChI=1S/C18H17BrF3N5O/c1-16(20)8-18(21,22)17(26-15(16)23)6-9-3-4-10(5-11(9)17)24-14(28)13-25-12(19)7-27(13)2/h3-5,7H,6,8H2,1-2H3,(H2,23,26)(H,24,28)/t16-,17-/m1/s1. The molecule has 0 saturated heterocycles. The molecule has 1 aliphatic carbocycles. The highest BCUT2D eigenvalue weighted by molar-refractivity contribution is 9.10. The first-order valence-electron chi connectivity index (χ1n) is 8.51. The number of nitrogens with zero attached hydrogens (tertiary/aromatic N) is 3. The van der Waals surface area contributed by atoms with Crippen molar-refractivity contribution in [2.75, 3.05) is 5.32 Å². The molecule has 1 spiro atoms. The number of anilines is 1. The van der Waals surface area contributed by atoms with E-state index in [1.165, 1.54) is 10.6 Å². The molecule has 1 aliphatic heterocycles. The zero-order chi connectivity index (χ0) is 20.5. The minimum Gasteiger partial charge on any atom is -0.385 e. The lowest BCUT2D eigenvalue weighted by Gasteiger charge is -2.50. The number of imidazole rings is 1. The van der Waals surface area contributed by atoms with Crippen LogP contribution in [0.3, 0.4) is 0 Å². The number of alkyl halides is 3. The topological polar surface area (TPSA) is 85.3 Å². The van der Waals surface area contributed by atoms with Gasteiger partial charge in [0, 0.05) is 25.4 Å². The van der Waals surface area contributed by atoms with E-state index in [-0.39, 0.29) is 17.8 Å². The van der Waals surface area contributed by atoms with Crippen LogP contribution in [0.4, 0.5) is 18.9 Å². The molecular formula is C18H17BrF3N5O. The van der Waals surface area contributed by atoms with Crippen LogP contribution in [-0.4, -0.2) is 32.9 Å². The Morgan fingerprint density at radius 1 is 1.36 bits per heavy atom. The molecule has 6 nitrogen and oxygen atoms in total. The maximum atomic E-state index is 14.9. The molecule has 2 atom stereocenters. The number of aromatic nitrogens is 2. The van der Waals surface area contributed by atoms with Crippen LogP contribution in [0.15, 0.2) is 34.0 Å². The summed E-state index contributed by atoms with van der Waals surface area (Å²) in [6.07, 6.45) is 0.551. The predicted octanol–water partition coefficient (Wildman–Crippen LogP) is 3.31. The number of nitrogens with one attached hydrogen (secondary N) is 1. The van der Waals surface area contributed by atoms with Crippen LogP contribution in [0.25, 0.3) is 0 Å². The number of amidine groups is 1. The molecule has 28 heavy (non-hydrogen) atoms. The van der Waals surface area contributed by atoms with Crippen molar-refractivity contribution in [1.29, 1.82) is 0 Å². The first kappa shape index (κ1) is 19.0. The monoisotopic (exact) mass is 455 g/mol. The van der Waals surface area contributed by atoms with Gasteiger partial charge in [0.25, 0.3) is 11.8 Å². The van der Waals surface area contributed by atoms with E-state index in [0.29, 0.717) is 15.9 Å². The molecule has 0 radical (unpaired) electrons. The maximum Gasteiger partial charge on any atom is 0.291 e. The van der Waals surface area contributed by atoms with E-state index in [0.717, 1.165) is 6.92 Å². The number of rotatable bonds is 2. The van der Waals surface area contributed by atoms with Crippen molar-refractivity contribution in [3.63, 3.8) is 0 Å². The fourth-order valence-electron chi connectivity index (χ4n) is 3.77. The number of halogens is 4. The third kappa shape index (κ3) is 2.65. The van der Waals surface area contributed by atoms with Gasteiger partial charge in [0.2, 0.25) is 0 Å². The van der Waals surface area contributed by atoms with Crippen LogP contribution in [0.1, 0.15) is 35.1 Å². The number of fused-ring (bicyclic) bond motifs is 2. The summed E-state index contributed by atoms with van der Waals surface area (Å²) in [7, 11) is 1.66. The number of amides is 1.